The Bertz CT molecular complexity index is 463. The molecule has 20 heavy (non-hydrogen) atoms. The van der Waals surface area contributed by atoms with Crippen LogP contribution in [0, 0.1) is 11.3 Å². The molecule has 0 aliphatic carbocycles. The number of unbranched alkanes of at least 4 members (excludes halogenated alkanes) is 4. The molecule has 0 aliphatic rings. The SMILES string of the molecule is CCCCCCCOc1ccc(C#N)cc1C(F)(F)F. The molecular weight excluding hydrogens is 267 g/mol. The second-order valence-corrected chi connectivity index (χ2v) is 4.58. The smallest absolute Gasteiger partial charge is 0.420 e. The Hall–Kier alpha value is -1.70. The minimum atomic E-state index is -4.51. The Morgan fingerprint density at radius 1 is 1.15 bits per heavy atom. The molecular formula is C15H18F3NO. The Kier molecular flexibility index (Phi) is 6.37. The summed E-state index contributed by atoms with van der Waals surface area (Å²) in [5.41, 5.74) is -0.905. The molecule has 0 unspecified atom stereocenters. The molecule has 0 heterocycles. The van der Waals surface area contributed by atoms with Crippen molar-refractivity contribution in [3.05, 3.63) is 29.3 Å². The normalized spacial score (nSPS) is 11.2. The highest BCUT2D eigenvalue weighted by atomic mass is 19.4. The van der Waals surface area contributed by atoms with Crippen LogP contribution in [0.1, 0.15) is 50.2 Å². The standard InChI is InChI=1S/C15H18F3NO/c1-2-3-4-5-6-9-20-14-8-7-12(11-19)10-13(14)15(16,17)18/h7-8,10H,2-6,9H2,1H3. The number of alkyl halides is 3. The van der Waals surface area contributed by atoms with Gasteiger partial charge in [-0.05, 0) is 24.6 Å². The van der Waals surface area contributed by atoms with E-state index >= 15 is 0 Å². The van der Waals surface area contributed by atoms with Crippen molar-refractivity contribution in [3.63, 3.8) is 0 Å². The summed E-state index contributed by atoms with van der Waals surface area (Å²) in [6.45, 7) is 2.36. The van der Waals surface area contributed by atoms with E-state index in [4.69, 9.17) is 10.00 Å². The summed E-state index contributed by atoms with van der Waals surface area (Å²) in [6.07, 6.45) is 0.492. The second-order valence-electron chi connectivity index (χ2n) is 4.58. The lowest BCUT2D eigenvalue weighted by atomic mass is 10.1. The van der Waals surface area contributed by atoms with E-state index in [1.165, 1.54) is 12.1 Å². The van der Waals surface area contributed by atoms with Crippen molar-refractivity contribution >= 4 is 0 Å². The molecule has 0 saturated carbocycles. The first kappa shape index (κ1) is 16.4. The minimum absolute atomic E-state index is 0.0207. The van der Waals surface area contributed by atoms with Crippen molar-refractivity contribution in [1.29, 1.82) is 5.26 Å². The summed E-state index contributed by atoms with van der Waals surface area (Å²) in [5, 5.41) is 8.66. The van der Waals surface area contributed by atoms with E-state index in [-0.39, 0.29) is 17.9 Å². The molecule has 2 nitrogen and oxygen atoms in total. The van der Waals surface area contributed by atoms with E-state index in [2.05, 4.69) is 6.92 Å². The predicted octanol–water partition coefficient (Wildman–Crippen LogP) is 4.93. The van der Waals surface area contributed by atoms with Crippen LogP contribution in [0.4, 0.5) is 13.2 Å². The monoisotopic (exact) mass is 285 g/mol. The quantitative estimate of drug-likeness (QED) is 0.666. The molecule has 0 spiro atoms. The van der Waals surface area contributed by atoms with Crippen molar-refractivity contribution in [1.82, 2.24) is 0 Å². The lowest BCUT2D eigenvalue weighted by Crippen LogP contribution is -2.10. The first-order valence-corrected chi connectivity index (χ1v) is 6.73. The van der Waals surface area contributed by atoms with Gasteiger partial charge in [-0.15, -0.1) is 0 Å². The minimum Gasteiger partial charge on any atom is -0.493 e. The molecule has 110 valence electrons. The molecule has 1 rings (SSSR count). The van der Waals surface area contributed by atoms with Gasteiger partial charge >= 0.3 is 6.18 Å². The summed E-state index contributed by atoms with van der Waals surface area (Å²) < 4.78 is 43.8. The summed E-state index contributed by atoms with van der Waals surface area (Å²) >= 11 is 0. The number of nitriles is 1. The molecule has 0 bridgehead atoms. The van der Waals surface area contributed by atoms with Crippen LogP contribution in [0.5, 0.6) is 5.75 Å². The van der Waals surface area contributed by atoms with Crippen LogP contribution in [-0.4, -0.2) is 6.61 Å². The van der Waals surface area contributed by atoms with Crippen LogP contribution < -0.4 is 4.74 Å². The van der Waals surface area contributed by atoms with Gasteiger partial charge in [0.05, 0.1) is 23.8 Å². The van der Waals surface area contributed by atoms with E-state index in [0.29, 0.717) is 0 Å². The fourth-order valence-corrected chi connectivity index (χ4v) is 1.83. The first-order valence-electron chi connectivity index (χ1n) is 6.73. The molecule has 0 saturated heterocycles. The van der Waals surface area contributed by atoms with Gasteiger partial charge in [0.1, 0.15) is 5.75 Å². The van der Waals surface area contributed by atoms with E-state index in [1.54, 1.807) is 6.07 Å². The van der Waals surface area contributed by atoms with Crippen LogP contribution in [0.25, 0.3) is 0 Å². The van der Waals surface area contributed by atoms with Crippen molar-refractivity contribution in [3.8, 4) is 11.8 Å². The van der Waals surface area contributed by atoms with Gasteiger partial charge in [-0.2, -0.15) is 18.4 Å². The number of rotatable bonds is 7. The van der Waals surface area contributed by atoms with Gasteiger partial charge in [-0.1, -0.05) is 32.6 Å². The van der Waals surface area contributed by atoms with Gasteiger partial charge in [-0.25, -0.2) is 0 Å². The van der Waals surface area contributed by atoms with Crippen LogP contribution in [-0.2, 0) is 6.18 Å². The highest BCUT2D eigenvalue weighted by molar-refractivity contribution is 5.43. The highest BCUT2D eigenvalue weighted by Crippen LogP contribution is 2.36. The third kappa shape index (κ3) is 5.12. The predicted molar refractivity (Wildman–Crippen MR) is 70.4 cm³/mol. The maximum atomic E-state index is 12.9. The number of ether oxygens (including phenoxy) is 1. The number of nitrogens with zero attached hydrogens (tertiary/aromatic N) is 1. The van der Waals surface area contributed by atoms with Crippen molar-refractivity contribution in [2.45, 2.75) is 45.2 Å². The molecule has 0 aliphatic heterocycles. The van der Waals surface area contributed by atoms with E-state index < -0.39 is 11.7 Å². The van der Waals surface area contributed by atoms with E-state index in [9.17, 15) is 13.2 Å². The summed E-state index contributed by atoms with van der Waals surface area (Å²) in [5.74, 6) is -0.202. The zero-order valence-electron chi connectivity index (χ0n) is 11.5. The maximum Gasteiger partial charge on any atom is 0.420 e. The average Bonchev–Trinajstić information content (AvgIpc) is 2.41. The van der Waals surface area contributed by atoms with Gasteiger partial charge in [0.2, 0.25) is 0 Å². The van der Waals surface area contributed by atoms with Gasteiger partial charge in [0.15, 0.2) is 0 Å². The number of halogens is 3. The summed E-state index contributed by atoms with van der Waals surface area (Å²) in [6, 6.07) is 5.08. The van der Waals surface area contributed by atoms with Crippen LogP contribution in [0.2, 0.25) is 0 Å². The third-order valence-corrected chi connectivity index (χ3v) is 2.92. The van der Waals surface area contributed by atoms with Gasteiger partial charge in [0.25, 0.3) is 0 Å². The van der Waals surface area contributed by atoms with Crippen molar-refractivity contribution in [2.75, 3.05) is 6.61 Å². The number of benzene rings is 1. The molecule has 0 atom stereocenters. The Balaban J connectivity index is 2.63. The van der Waals surface area contributed by atoms with Crippen molar-refractivity contribution in [2.24, 2.45) is 0 Å². The second kappa shape index (κ2) is 7.78. The molecule has 5 heteroatoms. The van der Waals surface area contributed by atoms with Crippen molar-refractivity contribution < 1.29 is 17.9 Å². The fraction of sp³-hybridized carbons (Fsp3) is 0.533. The number of hydrogen-bond acceptors (Lipinski definition) is 2. The molecule has 0 radical (unpaired) electrons. The zero-order valence-corrected chi connectivity index (χ0v) is 11.5. The van der Waals surface area contributed by atoms with E-state index in [0.717, 1.165) is 38.2 Å². The lowest BCUT2D eigenvalue weighted by molar-refractivity contribution is -0.139. The van der Waals surface area contributed by atoms with E-state index in [1.807, 2.05) is 0 Å². The first-order chi connectivity index (χ1) is 9.49. The highest BCUT2D eigenvalue weighted by Gasteiger charge is 2.34. The van der Waals surface area contributed by atoms with Gasteiger partial charge in [-0.3, -0.25) is 0 Å². The van der Waals surface area contributed by atoms with Gasteiger partial charge < -0.3 is 4.74 Å². The average molecular weight is 285 g/mol. The Morgan fingerprint density at radius 3 is 2.45 bits per heavy atom. The molecule has 0 amide bonds. The Morgan fingerprint density at radius 2 is 1.85 bits per heavy atom. The number of hydrogen-bond donors (Lipinski definition) is 0. The molecule has 1 aromatic carbocycles. The maximum absolute atomic E-state index is 12.9. The van der Waals surface area contributed by atoms with Gasteiger partial charge in [0, 0.05) is 0 Å². The zero-order chi connectivity index (χ0) is 15.0. The van der Waals surface area contributed by atoms with Crippen LogP contribution in [0.15, 0.2) is 18.2 Å². The molecule has 0 aromatic heterocycles. The molecule has 0 fully saturated rings. The molecule has 0 N–H and O–H groups in total. The largest absolute Gasteiger partial charge is 0.493 e. The fourth-order valence-electron chi connectivity index (χ4n) is 1.83. The lowest BCUT2D eigenvalue weighted by Gasteiger charge is -2.14. The third-order valence-electron chi connectivity index (χ3n) is 2.92. The topological polar surface area (TPSA) is 33.0 Å². The summed E-state index contributed by atoms with van der Waals surface area (Å²) in [4.78, 5) is 0. The van der Waals surface area contributed by atoms with Crippen LogP contribution in [0.3, 0.4) is 0 Å². The molecule has 1 aromatic rings. The summed E-state index contributed by atoms with van der Waals surface area (Å²) in [7, 11) is 0. The Labute approximate surface area is 117 Å². The van der Waals surface area contributed by atoms with Crippen LogP contribution >= 0.6 is 0 Å².